The number of pyridine rings is 1. The van der Waals surface area contributed by atoms with Gasteiger partial charge in [-0.05, 0) is 24.6 Å². The number of nitrogens with one attached hydrogen (secondary N) is 1. The Hall–Kier alpha value is -2.60. The number of anilines is 2. The lowest BCUT2D eigenvalue weighted by atomic mass is 9.92. The normalized spacial score (nSPS) is 19.7. The van der Waals surface area contributed by atoms with Crippen LogP contribution in [-0.2, 0) is 9.53 Å². The molecule has 1 aromatic heterocycles. The lowest BCUT2D eigenvalue weighted by Gasteiger charge is -2.28. The van der Waals surface area contributed by atoms with Gasteiger partial charge in [0.05, 0.1) is 37.6 Å². The lowest BCUT2D eigenvalue weighted by molar-refractivity contribution is -0.118. The third-order valence-electron chi connectivity index (χ3n) is 4.63. The van der Waals surface area contributed by atoms with E-state index in [9.17, 15) is 4.79 Å². The molecule has 6 heteroatoms. The maximum absolute atomic E-state index is 12.7. The molecule has 1 atom stereocenters. The third kappa shape index (κ3) is 3.44. The molecule has 25 heavy (non-hydrogen) atoms. The molecule has 0 radical (unpaired) electrons. The smallest absolute Gasteiger partial charge is 0.232 e. The molecule has 1 fully saturated rings. The van der Waals surface area contributed by atoms with Crippen molar-refractivity contribution in [2.24, 2.45) is 0 Å². The number of hydrogen-bond donors (Lipinski definition) is 1. The molecule has 6 nitrogen and oxygen atoms in total. The summed E-state index contributed by atoms with van der Waals surface area (Å²) in [6.45, 7) is 3.70. The van der Waals surface area contributed by atoms with Crippen molar-refractivity contribution >= 4 is 17.4 Å². The van der Waals surface area contributed by atoms with E-state index in [1.165, 1.54) is 0 Å². The van der Waals surface area contributed by atoms with E-state index in [2.05, 4.69) is 15.2 Å². The van der Waals surface area contributed by atoms with Gasteiger partial charge in [0.1, 0.15) is 11.6 Å². The van der Waals surface area contributed by atoms with Crippen LogP contribution in [0, 0.1) is 0 Å². The monoisotopic (exact) mass is 339 g/mol. The van der Waals surface area contributed by atoms with Crippen molar-refractivity contribution in [3.63, 3.8) is 0 Å². The van der Waals surface area contributed by atoms with Crippen molar-refractivity contribution in [2.75, 3.05) is 43.1 Å². The van der Waals surface area contributed by atoms with Gasteiger partial charge in [0.15, 0.2) is 0 Å². The first kappa shape index (κ1) is 15.9. The molecular weight excluding hydrogens is 318 g/mol. The minimum absolute atomic E-state index is 0.0170. The third-order valence-corrected chi connectivity index (χ3v) is 4.63. The van der Waals surface area contributed by atoms with Crippen molar-refractivity contribution in [1.29, 1.82) is 0 Å². The summed E-state index contributed by atoms with van der Waals surface area (Å²) in [5.41, 5.74) is 1.66. The van der Waals surface area contributed by atoms with E-state index >= 15 is 0 Å². The summed E-state index contributed by atoms with van der Waals surface area (Å²) in [5.74, 6) is 1.51. The molecule has 130 valence electrons. The first-order valence-corrected chi connectivity index (χ1v) is 8.62. The van der Waals surface area contributed by atoms with Gasteiger partial charge in [-0.3, -0.25) is 4.79 Å². The largest absolute Gasteiger partial charge is 0.493 e. The summed E-state index contributed by atoms with van der Waals surface area (Å²) in [4.78, 5) is 19.4. The molecule has 0 spiro atoms. The van der Waals surface area contributed by atoms with Crippen molar-refractivity contribution < 1.29 is 14.3 Å². The zero-order chi connectivity index (χ0) is 17.1. The predicted octanol–water partition coefficient (Wildman–Crippen LogP) is 2.42. The summed E-state index contributed by atoms with van der Waals surface area (Å²) < 4.78 is 11.0. The fourth-order valence-corrected chi connectivity index (χ4v) is 3.28. The average Bonchev–Trinajstić information content (AvgIpc) is 2.69. The fourth-order valence-electron chi connectivity index (χ4n) is 3.28. The molecule has 1 saturated heterocycles. The van der Waals surface area contributed by atoms with Crippen LogP contribution >= 0.6 is 0 Å². The van der Waals surface area contributed by atoms with E-state index in [1.54, 1.807) is 6.20 Å². The van der Waals surface area contributed by atoms with E-state index in [4.69, 9.17) is 9.47 Å². The average molecular weight is 339 g/mol. The topological polar surface area (TPSA) is 63.7 Å². The number of ether oxygens (including phenoxy) is 2. The van der Waals surface area contributed by atoms with Gasteiger partial charge in [0, 0.05) is 18.7 Å². The molecule has 1 aromatic carbocycles. The van der Waals surface area contributed by atoms with Crippen LogP contribution in [0.25, 0.3) is 0 Å². The van der Waals surface area contributed by atoms with E-state index in [1.807, 2.05) is 36.4 Å². The standard InChI is InChI=1S/C19H21N3O3/c23-19(16-7-10-25-17-4-2-1-3-15(16)17)21-14-5-6-18(20-13-14)22-8-11-24-12-9-22/h1-6,13,16H,7-12H2,(H,21,23). The van der Waals surface area contributed by atoms with Crippen LogP contribution in [0.5, 0.6) is 5.75 Å². The Bertz CT molecular complexity index is 742. The van der Waals surface area contributed by atoms with E-state index in [0.717, 1.165) is 43.4 Å². The highest BCUT2D eigenvalue weighted by molar-refractivity contribution is 5.96. The minimum atomic E-state index is -0.191. The van der Waals surface area contributed by atoms with Crippen molar-refractivity contribution in [1.82, 2.24) is 4.98 Å². The zero-order valence-corrected chi connectivity index (χ0v) is 14.0. The lowest BCUT2D eigenvalue weighted by Crippen LogP contribution is -2.36. The highest BCUT2D eigenvalue weighted by atomic mass is 16.5. The van der Waals surface area contributed by atoms with Crippen molar-refractivity contribution in [3.8, 4) is 5.75 Å². The van der Waals surface area contributed by atoms with E-state index < -0.39 is 0 Å². The Morgan fingerprint density at radius 3 is 2.76 bits per heavy atom. The Labute approximate surface area is 146 Å². The first-order chi connectivity index (χ1) is 12.3. The van der Waals surface area contributed by atoms with Gasteiger partial charge >= 0.3 is 0 Å². The van der Waals surface area contributed by atoms with Gasteiger partial charge in [-0.2, -0.15) is 0 Å². The van der Waals surface area contributed by atoms with Gasteiger partial charge < -0.3 is 19.7 Å². The van der Waals surface area contributed by atoms with Crippen LogP contribution in [-0.4, -0.2) is 43.8 Å². The first-order valence-electron chi connectivity index (χ1n) is 8.62. The number of aromatic nitrogens is 1. The van der Waals surface area contributed by atoms with Gasteiger partial charge in [0.2, 0.25) is 5.91 Å². The summed E-state index contributed by atoms with van der Waals surface area (Å²) >= 11 is 0. The highest BCUT2D eigenvalue weighted by Gasteiger charge is 2.27. The van der Waals surface area contributed by atoms with E-state index in [0.29, 0.717) is 18.7 Å². The molecule has 4 rings (SSSR count). The SMILES string of the molecule is O=C(Nc1ccc(N2CCOCC2)nc1)C1CCOc2ccccc21. The molecule has 1 unspecified atom stereocenters. The second kappa shape index (κ2) is 7.11. The number of morpholine rings is 1. The second-order valence-electron chi connectivity index (χ2n) is 6.22. The molecule has 0 bridgehead atoms. The summed E-state index contributed by atoms with van der Waals surface area (Å²) in [6, 6.07) is 11.6. The van der Waals surface area contributed by atoms with Crippen LogP contribution in [0.1, 0.15) is 17.9 Å². The molecule has 2 aliphatic rings. The number of amides is 1. The molecule has 0 saturated carbocycles. The number of carbonyl (C=O) groups excluding carboxylic acids is 1. The number of hydrogen-bond acceptors (Lipinski definition) is 5. The fraction of sp³-hybridized carbons (Fsp3) is 0.368. The molecule has 2 aromatic rings. The van der Waals surface area contributed by atoms with Crippen LogP contribution < -0.4 is 15.0 Å². The van der Waals surface area contributed by atoms with Crippen LogP contribution in [0.4, 0.5) is 11.5 Å². The number of carbonyl (C=O) groups is 1. The zero-order valence-electron chi connectivity index (χ0n) is 14.0. The number of fused-ring (bicyclic) bond motifs is 1. The second-order valence-corrected chi connectivity index (χ2v) is 6.22. The molecule has 2 aliphatic heterocycles. The van der Waals surface area contributed by atoms with Gasteiger partial charge in [-0.15, -0.1) is 0 Å². The van der Waals surface area contributed by atoms with Gasteiger partial charge in [0.25, 0.3) is 0 Å². The Morgan fingerprint density at radius 2 is 1.96 bits per heavy atom. The van der Waals surface area contributed by atoms with Gasteiger partial charge in [-0.1, -0.05) is 18.2 Å². The van der Waals surface area contributed by atoms with E-state index in [-0.39, 0.29) is 11.8 Å². The Kier molecular flexibility index (Phi) is 4.52. The summed E-state index contributed by atoms with van der Waals surface area (Å²) in [6.07, 6.45) is 2.40. The number of nitrogens with zero attached hydrogens (tertiary/aromatic N) is 2. The Morgan fingerprint density at radius 1 is 1.12 bits per heavy atom. The van der Waals surface area contributed by atoms with Crippen molar-refractivity contribution in [2.45, 2.75) is 12.3 Å². The summed E-state index contributed by atoms with van der Waals surface area (Å²) in [7, 11) is 0. The molecule has 0 aliphatic carbocycles. The number of benzene rings is 1. The maximum Gasteiger partial charge on any atom is 0.232 e. The van der Waals surface area contributed by atoms with Crippen LogP contribution in [0.3, 0.4) is 0 Å². The minimum Gasteiger partial charge on any atom is -0.493 e. The quantitative estimate of drug-likeness (QED) is 0.930. The van der Waals surface area contributed by atoms with Gasteiger partial charge in [-0.25, -0.2) is 4.98 Å². The van der Waals surface area contributed by atoms with Crippen LogP contribution in [0.15, 0.2) is 42.6 Å². The predicted molar refractivity (Wildman–Crippen MR) is 95.2 cm³/mol. The molecule has 1 N–H and O–H groups in total. The number of rotatable bonds is 3. The maximum atomic E-state index is 12.7. The van der Waals surface area contributed by atoms with Crippen LogP contribution in [0.2, 0.25) is 0 Å². The molecular formula is C19H21N3O3. The highest BCUT2D eigenvalue weighted by Crippen LogP contribution is 2.34. The Balaban J connectivity index is 1.44. The molecule has 1 amide bonds. The number of para-hydroxylation sites is 1. The summed E-state index contributed by atoms with van der Waals surface area (Å²) in [5, 5.41) is 2.98. The molecule has 3 heterocycles. The van der Waals surface area contributed by atoms with Crippen molar-refractivity contribution in [3.05, 3.63) is 48.2 Å².